The first-order valence-electron chi connectivity index (χ1n) is 7.05. The lowest BCUT2D eigenvalue weighted by atomic mass is 9.84. The lowest BCUT2D eigenvalue weighted by Gasteiger charge is -2.47. The molecule has 3 aliphatic rings. The van der Waals surface area contributed by atoms with E-state index in [2.05, 4.69) is 10.2 Å². The highest BCUT2D eigenvalue weighted by Gasteiger charge is 2.51. The fourth-order valence-electron chi connectivity index (χ4n) is 3.85. The van der Waals surface area contributed by atoms with Gasteiger partial charge in [0, 0.05) is 12.5 Å². The molecule has 4 heteroatoms. The largest absolute Gasteiger partial charge is 0.346 e. The summed E-state index contributed by atoms with van der Waals surface area (Å²) in [6, 6.07) is 0.922. The molecule has 0 aromatic rings. The summed E-state index contributed by atoms with van der Waals surface area (Å²) < 4.78 is 11.9. The minimum Gasteiger partial charge on any atom is -0.346 e. The molecule has 2 saturated heterocycles. The molecule has 1 N–H and O–H groups in total. The van der Waals surface area contributed by atoms with E-state index in [1.165, 1.54) is 38.8 Å². The molecule has 1 saturated carbocycles. The molecule has 98 valence electrons. The molecule has 0 radical (unpaired) electrons. The Labute approximate surface area is 104 Å². The summed E-state index contributed by atoms with van der Waals surface area (Å²) in [5, 5.41) is 3.47. The number of hydrogen-bond donors (Lipinski definition) is 1. The van der Waals surface area contributed by atoms with Crippen LogP contribution in [0.2, 0.25) is 0 Å². The predicted octanol–water partition coefficient (Wildman–Crippen LogP) is 0.966. The van der Waals surface area contributed by atoms with E-state index in [9.17, 15) is 0 Å². The van der Waals surface area contributed by atoms with E-state index in [1.807, 2.05) is 7.05 Å². The lowest BCUT2D eigenvalue weighted by molar-refractivity contribution is -0.207. The van der Waals surface area contributed by atoms with Crippen LogP contribution in [0.5, 0.6) is 0 Å². The van der Waals surface area contributed by atoms with Crippen molar-refractivity contribution in [3.63, 3.8) is 0 Å². The molecule has 2 aliphatic heterocycles. The van der Waals surface area contributed by atoms with E-state index < -0.39 is 0 Å². The minimum atomic E-state index is -0.333. The summed E-state index contributed by atoms with van der Waals surface area (Å²) >= 11 is 0. The second kappa shape index (κ2) is 4.84. The van der Waals surface area contributed by atoms with Crippen molar-refractivity contribution in [2.45, 2.75) is 50.0 Å². The number of likely N-dealkylation sites (N-methyl/N-ethyl adjacent to an activating group) is 1. The van der Waals surface area contributed by atoms with Gasteiger partial charge in [-0.1, -0.05) is 0 Å². The fourth-order valence-corrected chi connectivity index (χ4v) is 3.85. The zero-order valence-electron chi connectivity index (χ0n) is 10.8. The maximum atomic E-state index is 5.96. The Kier molecular flexibility index (Phi) is 3.39. The Morgan fingerprint density at radius 2 is 1.82 bits per heavy atom. The molecule has 0 bridgehead atoms. The molecule has 4 nitrogen and oxygen atoms in total. The molecule has 3 fully saturated rings. The smallest absolute Gasteiger partial charge is 0.185 e. The second-order valence-corrected chi connectivity index (χ2v) is 5.48. The van der Waals surface area contributed by atoms with Crippen molar-refractivity contribution in [3.8, 4) is 0 Å². The van der Waals surface area contributed by atoms with E-state index >= 15 is 0 Å². The number of nitrogens with zero attached hydrogens (tertiary/aromatic N) is 1. The molecule has 3 rings (SSSR count). The number of rotatable bonds is 2. The highest BCUT2D eigenvalue weighted by molar-refractivity contribution is 5.01. The van der Waals surface area contributed by atoms with Crippen LogP contribution in [0.4, 0.5) is 0 Å². The van der Waals surface area contributed by atoms with Crippen molar-refractivity contribution in [3.05, 3.63) is 0 Å². The van der Waals surface area contributed by atoms with Crippen LogP contribution in [0, 0.1) is 0 Å². The van der Waals surface area contributed by atoms with Crippen LogP contribution in [-0.2, 0) is 9.47 Å². The van der Waals surface area contributed by atoms with Crippen molar-refractivity contribution < 1.29 is 9.47 Å². The van der Waals surface area contributed by atoms with Gasteiger partial charge >= 0.3 is 0 Å². The molecule has 17 heavy (non-hydrogen) atoms. The Hall–Kier alpha value is -0.160. The lowest BCUT2D eigenvalue weighted by Crippen LogP contribution is -2.63. The van der Waals surface area contributed by atoms with Crippen molar-refractivity contribution in [1.29, 1.82) is 0 Å². The molecule has 2 atom stereocenters. The van der Waals surface area contributed by atoms with Gasteiger partial charge in [-0.05, 0) is 45.8 Å². The van der Waals surface area contributed by atoms with Gasteiger partial charge in [0.15, 0.2) is 5.79 Å². The molecule has 0 amide bonds. The molecule has 0 aromatic carbocycles. The van der Waals surface area contributed by atoms with Crippen LogP contribution in [0.25, 0.3) is 0 Å². The number of nitrogens with one attached hydrogen (secondary N) is 1. The van der Waals surface area contributed by atoms with Gasteiger partial charge < -0.3 is 14.8 Å². The summed E-state index contributed by atoms with van der Waals surface area (Å²) in [5.74, 6) is -0.333. The van der Waals surface area contributed by atoms with E-state index in [1.54, 1.807) is 0 Å². The number of ether oxygens (including phenoxy) is 2. The average Bonchev–Trinajstić information content (AvgIpc) is 3.00. The van der Waals surface area contributed by atoms with Gasteiger partial charge in [0.05, 0.1) is 19.3 Å². The Morgan fingerprint density at radius 1 is 1.12 bits per heavy atom. The molecule has 2 heterocycles. The Bertz CT molecular complexity index is 260. The van der Waals surface area contributed by atoms with Crippen LogP contribution in [0.1, 0.15) is 32.1 Å². The molecule has 1 aliphatic carbocycles. The fraction of sp³-hybridized carbons (Fsp3) is 1.00. The van der Waals surface area contributed by atoms with Crippen molar-refractivity contribution in [2.24, 2.45) is 0 Å². The zero-order valence-corrected chi connectivity index (χ0v) is 10.8. The molecule has 0 unspecified atom stereocenters. The third-order valence-corrected chi connectivity index (χ3v) is 4.58. The third kappa shape index (κ3) is 2.01. The van der Waals surface area contributed by atoms with E-state index in [0.717, 1.165) is 19.6 Å². The van der Waals surface area contributed by atoms with Crippen molar-refractivity contribution in [2.75, 3.05) is 33.4 Å². The number of likely N-dealkylation sites (tertiary alicyclic amines) is 1. The van der Waals surface area contributed by atoms with Gasteiger partial charge in [0.25, 0.3) is 0 Å². The quantitative estimate of drug-likeness (QED) is 0.780. The summed E-state index contributed by atoms with van der Waals surface area (Å²) in [6.07, 6.45) is 6.24. The maximum Gasteiger partial charge on any atom is 0.185 e. The standard InChI is InChI=1S/C13H24N2O2/c1-14-12-11(15-7-2-3-8-15)5-4-6-13(12)16-9-10-17-13/h11-12,14H,2-10H2,1H3/t11-,12+/m1/s1. The Morgan fingerprint density at radius 3 is 2.47 bits per heavy atom. The van der Waals surface area contributed by atoms with Gasteiger partial charge in [-0.2, -0.15) is 0 Å². The number of hydrogen-bond acceptors (Lipinski definition) is 4. The van der Waals surface area contributed by atoms with E-state index in [-0.39, 0.29) is 5.79 Å². The summed E-state index contributed by atoms with van der Waals surface area (Å²) in [6.45, 7) is 4.01. The first-order valence-corrected chi connectivity index (χ1v) is 7.05. The summed E-state index contributed by atoms with van der Waals surface area (Å²) in [7, 11) is 2.05. The molecular weight excluding hydrogens is 216 g/mol. The van der Waals surface area contributed by atoms with Gasteiger partial charge in [0.1, 0.15) is 0 Å². The molecule has 1 spiro atoms. The van der Waals surface area contributed by atoms with Gasteiger partial charge in [-0.15, -0.1) is 0 Å². The first-order chi connectivity index (χ1) is 8.36. The summed E-state index contributed by atoms with van der Waals surface area (Å²) in [4.78, 5) is 2.63. The van der Waals surface area contributed by atoms with E-state index in [0.29, 0.717) is 12.1 Å². The molecule has 0 aromatic heterocycles. The topological polar surface area (TPSA) is 33.7 Å². The highest BCUT2D eigenvalue weighted by Crippen LogP contribution is 2.38. The van der Waals surface area contributed by atoms with Gasteiger partial charge in [-0.3, -0.25) is 4.90 Å². The summed E-state index contributed by atoms with van der Waals surface area (Å²) in [5.41, 5.74) is 0. The maximum absolute atomic E-state index is 5.96. The van der Waals surface area contributed by atoms with Crippen LogP contribution in [0.15, 0.2) is 0 Å². The predicted molar refractivity (Wildman–Crippen MR) is 65.9 cm³/mol. The average molecular weight is 240 g/mol. The Balaban J connectivity index is 1.78. The van der Waals surface area contributed by atoms with Crippen molar-refractivity contribution in [1.82, 2.24) is 10.2 Å². The van der Waals surface area contributed by atoms with Crippen LogP contribution < -0.4 is 5.32 Å². The second-order valence-electron chi connectivity index (χ2n) is 5.48. The minimum absolute atomic E-state index is 0.330. The van der Waals surface area contributed by atoms with E-state index in [4.69, 9.17) is 9.47 Å². The third-order valence-electron chi connectivity index (χ3n) is 4.58. The zero-order chi connectivity index (χ0) is 11.7. The SMILES string of the molecule is CN[C@H]1[C@H](N2CCCC2)CCCC12OCCO2. The van der Waals surface area contributed by atoms with Crippen LogP contribution >= 0.6 is 0 Å². The highest BCUT2D eigenvalue weighted by atomic mass is 16.7. The van der Waals surface area contributed by atoms with Crippen molar-refractivity contribution >= 4 is 0 Å². The van der Waals surface area contributed by atoms with Gasteiger partial charge in [0.2, 0.25) is 0 Å². The van der Waals surface area contributed by atoms with Gasteiger partial charge in [-0.25, -0.2) is 0 Å². The molecular formula is C13H24N2O2. The first kappa shape index (κ1) is 11.9. The normalized spacial score (nSPS) is 37.9. The van der Waals surface area contributed by atoms with Crippen LogP contribution in [0.3, 0.4) is 0 Å². The van der Waals surface area contributed by atoms with Crippen LogP contribution in [-0.4, -0.2) is 56.1 Å². The monoisotopic (exact) mass is 240 g/mol.